The maximum absolute atomic E-state index is 9.54. The van der Waals surface area contributed by atoms with E-state index in [9.17, 15) is 5.11 Å². The monoisotopic (exact) mass is 256 g/mol. The maximum atomic E-state index is 9.54. The molecule has 0 radical (unpaired) electrons. The lowest BCUT2D eigenvalue weighted by Gasteiger charge is -2.20. The van der Waals surface area contributed by atoms with Crippen LogP contribution in [0.15, 0.2) is 12.1 Å². The Morgan fingerprint density at radius 3 is 2.35 bits per heavy atom. The molecule has 0 aromatic heterocycles. The molecule has 2 unspecified atom stereocenters. The van der Waals surface area contributed by atoms with Gasteiger partial charge in [-0.2, -0.15) is 0 Å². The van der Waals surface area contributed by atoms with Crippen molar-refractivity contribution < 1.29 is 10.2 Å². The lowest BCUT2D eigenvalue weighted by Crippen LogP contribution is -2.16. The van der Waals surface area contributed by atoms with Crippen LogP contribution in [0.4, 0.5) is 0 Å². The Labute approximate surface area is 108 Å². The third kappa shape index (κ3) is 3.70. The van der Waals surface area contributed by atoms with Crippen LogP contribution >= 0.6 is 11.6 Å². The van der Waals surface area contributed by atoms with E-state index in [1.807, 2.05) is 13.0 Å². The second-order valence-corrected chi connectivity index (χ2v) is 5.04. The van der Waals surface area contributed by atoms with Gasteiger partial charge >= 0.3 is 0 Å². The lowest BCUT2D eigenvalue weighted by atomic mass is 9.89. The first-order chi connectivity index (χ1) is 7.99. The predicted molar refractivity (Wildman–Crippen MR) is 71.7 cm³/mol. The third-order valence-electron chi connectivity index (χ3n) is 3.31. The van der Waals surface area contributed by atoms with Crippen LogP contribution in [-0.4, -0.2) is 22.9 Å². The van der Waals surface area contributed by atoms with Crippen molar-refractivity contribution in [1.82, 2.24) is 0 Å². The summed E-state index contributed by atoms with van der Waals surface area (Å²) >= 11 is 6.26. The molecule has 0 bridgehead atoms. The van der Waals surface area contributed by atoms with Gasteiger partial charge in [0, 0.05) is 5.02 Å². The topological polar surface area (TPSA) is 40.5 Å². The molecule has 1 rings (SSSR count). The van der Waals surface area contributed by atoms with Crippen LogP contribution in [0, 0.1) is 13.8 Å². The summed E-state index contributed by atoms with van der Waals surface area (Å²) in [6, 6.07) is 4.07. The molecule has 3 heteroatoms. The second kappa shape index (κ2) is 6.39. The number of halogens is 1. The van der Waals surface area contributed by atoms with Crippen molar-refractivity contribution >= 4 is 11.6 Å². The zero-order chi connectivity index (χ0) is 13.0. The van der Waals surface area contributed by atoms with E-state index in [0.717, 1.165) is 17.0 Å². The van der Waals surface area contributed by atoms with Crippen molar-refractivity contribution in [1.29, 1.82) is 0 Å². The van der Waals surface area contributed by atoms with Crippen LogP contribution in [0.2, 0.25) is 5.02 Å². The van der Waals surface area contributed by atoms with E-state index < -0.39 is 6.10 Å². The van der Waals surface area contributed by atoms with E-state index in [-0.39, 0.29) is 12.5 Å². The summed E-state index contributed by atoms with van der Waals surface area (Å²) in [6.45, 7) is 5.97. The summed E-state index contributed by atoms with van der Waals surface area (Å²) in [5.74, 6) is 0.198. The molecule has 2 atom stereocenters. The Morgan fingerprint density at radius 2 is 1.82 bits per heavy atom. The molecular weight excluding hydrogens is 236 g/mol. The van der Waals surface area contributed by atoms with Crippen LogP contribution in [0.1, 0.15) is 42.4 Å². The minimum Gasteiger partial charge on any atom is -0.394 e. The van der Waals surface area contributed by atoms with Crippen molar-refractivity contribution in [2.75, 3.05) is 6.61 Å². The van der Waals surface area contributed by atoms with E-state index >= 15 is 0 Å². The van der Waals surface area contributed by atoms with Crippen LogP contribution in [0.5, 0.6) is 0 Å². The average Bonchev–Trinajstić information content (AvgIpc) is 2.30. The molecule has 2 nitrogen and oxygen atoms in total. The fourth-order valence-corrected chi connectivity index (χ4v) is 2.41. The highest BCUT2D eigenvalue weighted by atomic mass is 35.5. The SMILES string of the molecule is CCC(CC(O)CO)c1cc(C)c(C)cc1Cl. The highest BCUT2D eigenvalue weighted by Crippen LogP contribution is 2.32. The van der Waals surface area contributed by atoms with E-state index in [0.29, 0.717) is 6.42 Å². The first kappa shape index (κ1) is 14.5. The molecule has 0 aliphatic heterocycles. The first-order valence-corrected chi connectivity index (χ1v) is 6.42. The summed E-state index contributed by atoms with van der Waals surface area (Å²) in [5, 5.41) is 19.2. The zero-order valence-corrected chi connectivity index (χ0v) is 11.5. The third-order valence-corrected chi connectivity index (χ3v) is 3.64. The molecule has 17 heavy (non-hydrogen) atoms. The smallest absolute Gasteiger partial charge is 0.0776 e. The van der Waals surface area contributed by atoms with Crippen LogP contribution in [0.25, 0.3) is 0 Å². The van der Waals surface area contributed by atoms with Gasteiger partial charge in [-0.15, -0.1) is 0 Å². The Balaban J connectivity index is 2.99. The lowest BCUT2D eigenvalue weighted by molar-refractivity contribution is 0.0817. The molecule has 1 aromatic rings. The van der Waals surface area contributed by atoms with Crippen molar-refractivity contribution in [3.8, 4) is 0 Å². The van der Waals surface area contributed by atoms with Crippen molar-refractivity contribution in [3.05, 3.63) is 33.8 Å². The molecule has 0 heterocycles. The van der Waals surface area contributed by atoms with Crippen molar-refractivity contribution in [2.24, 2.45) is 0 Å². The predicted octanol–water partition coefficient (Wildman–Crippen LogP) is 3.19. The van der Waals surface area contributed by atoms with Gasteiger partial charge in [-0.05, 0) is 55.4 Å². The van der Waals surface area contributed by atoms with Crippen molar-refractivity contribution in [2.45, 2.75) is 45.6 Å². The highest BCUT2D eigenvalue weighted by molar-refractivity contribution is 6.31. The van der Waals surface area contributed by atoms with Gasteiger partial charge in [0.15, 0.2) is 0 Å². The molecule has 1 aromatic carbocycles. The Bertz CT molecular complexity index is 377. The molecule has 2 N–H and O–H groups in total. The van der Waals surface area contributed by atoms with Crippen LogP contribution in [-0.2, 0) is 0 Å². The summed E-state index contributed by atoms with van der Waals surface area (Å²) in [6.07, 6.45) is 0.784. The number of aryl methyl sites for hydroxylation is 2. The van der Waals surface area contributed by atoms with E-state index in [1.165, 1.54) is 11.1 Å². The molecular formula is C14H21ClO2. The fraction of sp³-hybridized carbons (Fsp3) is 0.571. The van der Waals surface area contributed by atoms with Gasteiger partial charge in [0.1, 0.15) is 0 Å². The summed E-state index contributed by atoms with van der Waals surface area (Å²) in [7, 11) is 0. The number of hydrogen-bond acceptors (Lipinski definition) is 2. The number of aliphatic hydroxyl groups is 2. The molecule has 0 saturated heterocycles. The van der Waals surface area contributed by atoms with Gasteiger partial charge in [0.2, 0.25) is 0 Å². The van der Waals surface area contributed by atoms with Crippen LogP contribution < -0.4 is 0 Å². The van der Waals surface area contributed by atoms with Crippen molar-refractivity contribution in [3.63, 3.8) is 0 Å². The fourth-order valence-electron chi connectivity index (χ4n) is 2.03. The minimum absolute atomic E-state index is 0.195. The summed E-state index contributed by atoms with van der Waals surface area (Å²) < 4.78 is 0. The maximum Gasteiger partial charge on any atom is 0.0776 e. The number of benzene rings is 1. The first-order valence-electron chi connectivity index (χ1n) is 6.05. The quantitative estimate of drug-likeness (QED) is 0.850. The Hall–Kier alpha value is -0.570. The Morgan fingerprint density at radius 1 is 1.24 bits per heavy atom. The number of rotatable bonds is 5. The normalized spacial score (nSPS) is 14.7. The number of hydrogen-bond donors (Lipinski definition) is 2. The standard InChI is InChI=1S/C14H21ClO2/c1-4-11(7-12(17)8-16)13-5-9(2)10(3)6-14(13)15/h5-6,11-12,16-17H,4,7-8H2,1-3H3. The molecule has 0 aliphatic carbocycles. The van der Waals surface area contributed by atoms with Crippen LogP contribution in [0.3, 0.4) is 0 Å². The molecule has 0 spiro atoms. The van der Waals surface area contributed by atoms with Gasteiger partial charge in [-0.25, -0.2) is 0 Å². The largest absolute Gasteiger partial charge is 0.394 e. The number of aliphatic hydroxyl groups excluding tert-OH is 2. The van der Waals surface area contributed by atoms with Gasteiger partial charge in [0.05, 0.1) is 12.7 Å². The molecule has 0 aliphatic rings. The van der Waals surface area contributed by atoms with E-state index in [4.69, 9.17) is 16.7 Å². The average molecular weight is 257 g/mol. The molecule has 96 valence electrons. The highest BCUT2D eigenvalue weighted by Gasteiger charge is 2.17. The molecule has 0 amide bonds. The minimum atomic E-state index is -0.669. The van der Waals surface area contributed by atoms with E-state index in [2.05, 4.69) is 19.9 Å². The van der Waals surface area contributed by atoms with Gasteiger partial charge in [0.25, 0.3) is 0 Å². The second-order valence-electron chi connectivity index (χ2n) is 4.64. The summed E-state index contributed by atoms with van der Waals surface area (Å²) in [4.78, 5) is 0. The van der Waals surface area contributed by atoms with Gasteiger partial charge in [-0.3, -0.25) is 0 Å². The van der Waals surface area contributed by atoms with Gasteiger partial charge in [-0.1, -0.05) is 24.6 Å². The van der Waals surface area contributed by atoms with Gasteiger partial charge < -0.3 is 10.2 Å². The Kier molecular flexibility index (Phi) is 5.44. The molecule has 0 fully saturated rings. The van der Waals surface area contributed by atoms with E-state index in [1.54, 1.807) is 0 Å². The summed E-state index contributed by atoms with van der Waals surface area (Å²) in [5.41, 5.74) is 3.46. The molecule has 0 saturated carbocycles. The zero-order valence-electron chi connectivity index (χ0n) is 10.7.